The van der Waals surface area contributed by atoms with Crippen LogP contribution in [-0.2, 0) is 56.0 Å². The zero-order chi connectivity index (χ0) is 53.5. The van der Waals surface area contributed by atoms with Crippen molar-refractivity contribution in [1.82, 2.24) is 47.5 Å². The van der Waals surface area contributed by atoms with Crippen molar-refractivity contribution in [3.05, 3.63) is 71.9 Å². The minimum absolute atomic E-state index is 0.00478. The van der Waals surface area contributed by atoms with Gasteiger partial charge < -0.3 is 81.3 Å². The normalized spacial score (nSPS) is 21.3. The summed E-state index contributed by atoms with van der Waals surface area (Å²) < 4.78 is 0. The summed E-state index contributed by atoms with van der Waals surface area (Å²) in [5.74, 6) is -8.15. The molecule has 26 heteroatoms. The summed E-state index contributed by atoms with van der Waals surface area (Å²) in [6, 6.07) is 5.60. The summed E-state index contributed by atoms with van der Waals surface area (Å²) in [6.07, 6.45) is 1.50. The molecule has 4 rings (SSSR count). The number of primary amides is 1. The lowest BCUT2D eigenvalue weighted by atomic mass is 10.0. The fourth-order valence-electron chi connectivity index (χ4n) is 7.86. The molecule has 1 fully saturated rings. The van der Waals surface area contributed by atoms with Crippen LogP contribution in [0.25, 0.3) is 10.9 Å². The van der Waals surface area contributed by atoms with E-state index in [1.807, 2.05) is 18.2 Å². The van der Waals surface area contributed by atoms with Crippen LogP contribution in [0.3, 0.4) is 0 Å². The third kappa shape index (κ3) is 19.4. The number of aromatic amines is 1. The first-order valence-corrected chi connectivity index (χ1v) is 23.8. The summed E-state index contributed by atoms with van der Waals surface area (Å²) in [6.45, 7) is 0.283. The molecule has 73 heavy (non-hydrogen) atoms. The Morgan fingerprint density at radius 3 is 1.96 bits per heavy atom. The van der Waals surface area contributed by atoms with Gasteiger partial charge in [0.25, 0.3) is 0 Å². The number of hydrogen-bond donors (Lipinski definition) is 15. The number of para-hydroxylation sites is 1. The molecule has 0 radical (unpaired) electrons. The van der Waals surface area contributed by atoms with Crippen molar-refractivity contribution in [2.75, 3.05) is 26.2 Å². The second-order valence-corrected chi connectivity index (χ2v) is 17.4. The van der Waals surface area contributed by atoms with Gasteiger partial charge in [-0.2, -0.15) is 0 Å². The van der Waals surface area contributed by atoms with Crippen molar-refractivity contribution >= 4 is 76.0 Å². The van der Waals surface area contributed by atoms with Crippen molar-refractivity contribution in [3.8, 4) is 0 Å². The van der Waals surface area contributed by atoms with E-state index in [4.69, 9.17) is 28.7 Å². The lowest BCUT2D eigenvalue weighted by Gasteiger charge is -2.27. The largest absolute Gasteiger partial charge is 0.394 e. The van der Waals surface area contributed by atoms with Crippen molar-refractivity contribution in [1.29, 1.82) is 0 Å². The van der Waals surface area contributed by atoms with E-state index in [0.717, 1.165) is 10.9 Å². The lowest BCUT2D eigenvalue weighted by molar-refractivity contribution is -0.136. The maximum Gasteiger partial charge on any atom is 0.245 e. The molecule has 7 atom stereocenters. The number of guanidine groups is 2. The van der Waals surface area contributed by atoms with E-state index < -0.39 is 108 Å². The quantitative estimate of drug-likeness (QED) is 0.0346. The van der Waals surface area contributed by atoms with Crippen LogP contribution in [0.2, 0.25) is 0 Å². The molecule has 9 amide bonds. The number of rotatable bonds is 17. The van der Waals surface area contributed by atoms with Crippen LogP contribution >= 0.6 is 0 Å². The van der Waals surface area contributed by atoms with Crippen LogP contribution < -0.4 is 71.2 Å². The molecule has 0 bridgehead atoms. The highest BCUT2D eigenvalue weighted by Crippen LogP contribution is 2.20. The summed E-state index contributed by atoms with van der Waals surface area (Å²) in [5.41, 5.74) is 29.6. The Morgan fingerprint density at radius 1 is 0.712 bits per heavy atom. The number of hydrogen-bond acceptors (Lipinski definition) is 12. The maximum absolute atomic E-state index is 14.5. The number of aromatic nitrogens is 1. The molecule has 1 aliphatic rings. The first-order valence-electron chi connectivity index (χ1n) is 23.8. The number of nitrogens with zero attached hydrogens (tertiary/aromatic N) is 2. The first-order chi connectivity index (χ1) is 34.8. The number of amides is 9. The van der Waals surface area contributed by atoms with Crippen LogP contribution in [0.15, 0.2) is 70.8 Å². The van der Waals surface area contributed by atoms with Gasteiger partial charge >= 0.3 is 0 Å². The molecule has 1 unspecified atom stereocenters. The number of carbonyl (C=O) groups is 9. The molecule has 2 heterocycles. The van der Waals surface area contributed by atoms with Crippen LogP contribution in [0.4, 0.5) is 0 Å². The van der Waals surface area contributed by atoms with Gasteiger partial charge in [0.1, 0.15) is 42.3 Å². The van der Waals surface area contributed by atoms with Crippen molar-refractivity contribution < 1.29 is 48.3 Å². The van der Waals surface area contributed by atoms with Crippen LogP contribution in [0, 0.1) is 0 Å². The zero-order valence-corrected chi connectivity index (χ0v) is 40.6. The van der Waals surface area contributed by atoms with Crippen molar-refractivity contribution in [3.63, 3.8) is 0 Å². The third-order valence-electron chi connectivity index (χ3n) is 11.6. The highest BCUT2D eigenvalue weighted by Gasteiger charge is 2.35. The summed E-state index contributed by atoms with van der Waals surface area (Å²) >= 11 is 0. The standard InChI is InChI=1S/C47H68N16O10/c1-26(65)57-32(16-9-19-54-46(49)50)40(68)62-36-23-38(66)53-18-8-7-15-31(39(48)67)58-43(71)35(22-28-24-56-30-14-6-5-13-29(28)30)61-41(69)33(17-10-20-55-47(51)52)59-42(70)34(21-27-11-3-2-4-12-27)60-45(73)37(25-64)63-44(36)72/h2-6,11-14,24,31-37,56,64H,7-10,15-23,25H2,1H3,(H2,48,67)(H,53,66)(H,57,65)(H,58,71)(H,59,70)(H,60,73)(H,61,69)(H,62,68)(H,63,72)(H4,49,50,54)(H4,51,52,55)/t31?,32-,33-,34+,35-,36-,37+/m0/s1. The Morgan fingerprint density at radius 2 is 1.30 bits per heavy atom. The highest BCUT2D eigenvalue weighted by molar-refractivity contribution is 5.99. The number of nitrogens with two attached hydrogens (primary N) is 5. The molecule has 26 nitrogen and oxygen atoms in total. The molecular formula is C47H68N16O10. The number of fused-ring (bicyclic) bond motifs is 1. The Hall–Kier alpha value is -8.29. The van der Waals surface area contributed by atoms with Gasteiger partial charge in [-0.3, -0.25) is 53.1 Å². The number of aliphatic imine (C=N–C) groups is 2. The van der Waals surface area contributed by atoms with E-state index >= 15 is 0 Å². The SMILES string of the molecule is CC(=O)N[C@@H](CCCN=C(N)N)C(=O)N[C@H]1CC(=O)NCCCCC(C(N)=O)NC(=O)[C@H](Cc2c[nH]c3ccccc23)NC(=O)[C@H](CCCN=C(N)N)NC(=O)[C@@H](Cc2ccccc2)NC(=O)[C@@H](CO)NC1=O. The highest BCUT2D eigenvalue weighted by atomic mass is 16.3. The Balaban J connectivity index is 1.74. The number of aliphatic hydroxyl groups excluding tert-OH is 1. The number of aliphatic hydroxyl groups is 1. The molecule has 2 aromatic carbocycles. The van der Waals surface area contributed by atoms with Crippen molar-refractivity contribution in [2.45, 2.75) is 113 Å². The Labute approximate surface area is 421 Å². The minimum Gasteiger partial charge on any atom is -0.394 e. The second kappa shape index (κ2) is 29.1. The van der Waals surface area contributed by atoms with Gasteiger partial charge in [0.15, 0.2) is 11.9 Å². The lowest BCUT2D eigenvalue weighted by Crippen LogP contribution is -2.61. The van der Waals surface area contributed by atoms with Gasteiger partial charge in [-0.15, -0.1) is 0 Å². The van der Waals surface area contributed by atoms with Gasteiger partial charge in [-0.25, -0.2) is 0 Å². The first kappa shape index (κ1) is 57.3. The van der Waals surface area contributed by atoms with Gasteiger partial charge in [0.2, 0.25) is 53.2 Å². The topological polar surface area (TPSA) is 441 Å². The Kier molecular flexibility index (Phi) is 22.9. The second-order valence-electron chi connectivity index (χ2n) is 17.4. The van der Waals surface area contributed by atoms with Crippen LogP contribution in [0.1, 0.15) is 69.4 Å². The van der Waals surface area contributed by atoms with E-state index in [0.29, 0.717) is 11.1 Å². The number of benzene rings is 2. The molecule has 0 aliphatic carbocycles. The third-order valence-corrected chi connectivity index (χ3v) is 11.6. The molecule has 396 valence electrons. The van der Waals surface area contributed by atoms with Gasteiger partial charge in [-0.1, -0.05) is 48.5 Å². The fraction of sp³-hybridized carbons (Fsp3) is 0.468. The number of nitrogens with one attached hydrogen (secondary N) is 9. The number of H-pyrrole nitrogens is 1. The molecule has 0 spiro atoms. The average Bonchev–Trinajstić information content (AvgIpc) is 3.75. The van der Waals surface area contributed by atoms with E-state index in [1.54, 1.807) is 42.6 Å². The van der Waals surface area contributed by atoms with E-state index in [2.05, 4.69) is 57.5 Å². The van der Waals surface area contributed by atoms with Gasteiger partial charge in [-0.05, 0) is 62.1 Å². The van der Waals surface area contributed by atoms with Crippen LogP contribution in [-0.4, -0.2) is 144 Å². The molecule has 1 aromatic heterocycles. The molecule has 20 N–H and O–H groups in total. The predicted octanol–water partition coefficient (Wildman–Crippen LogP) is -4.36. The zero-order valence-electron chi connectivity index (χ0n) is 40.6. The molecular weight excluding hydrogens is 949 g/mol. The molecule has 0 saturated carbocycles. The predicted molar refractivity (Wildman–Crippen MR) is 269 cm³/mol. The van der Waals surface area contributed by atoms with Gasteiger partial charge in [0, 0.05) is 56.5 Å². The Bertz CT molecular complexity index is 2460. The number of carbonyl (C=O) groups excluding carboxylic acids is 9. The maximum atomic E-state index is 14.5. The van der Waals surface area contributed by atoms with Crippen LogP contribution in [0.5, 0.6) is 0 Å². The van der Waals surface area contributed by atoms with E-state index in [-0.39, 0.29) is 89.3 Å². The minimum atomic E-state index is -1.77. The fourth-order valence-corrected chi connectivity index (χ4v) is 7.86. The average molecular weight is 1020 g/mol. The molecule has 1 saturated heterocycles. The monoisotopic (exact) mass is 1020 g/mol. The summed E-state index contributed by atoms with van der Waals surface area (Å²) in [4.78, 5) is 134. The van der Waals surface area contributed by atoms with E-state index in [1.165, 1.54) is 6.92 Å². The smallest absolute Gasteiger partial charge is 0.245 e. The van der Waals surface area contributed by atoms with Gasteiger partial charge in [0.05, 0.1) is 13.0 Å². The van der Waals surface area contributed by atoms with Crippen molar-refractivity contribution in [2.24, 2.45) is 38.7 Å². The van der Waals surface area contributed by atoms with E-state index in [9.17, 15) is 48.3 Å². The molecule has 3 aromatic rings. The molecule has 1 aliphatic heterocycles. The summed E-state index contributed by atoms with van der Waals surface area (Å²) in [5, 5.41) is 31.8. The summed E-state index contributed by atoms with van der Waals surface area (Å²) in [7, 11) is 0.